The third-order valence-corrected chi connectivity index (χ3v) is 5.85. The first-order valence-corrected chi connectivity index (χ1v) is 10.9. The number of carbonyl (C=O) groups excluding carboxylic acids is 1. The van der Waals surface area contributed by atoms with E-state index in [1.165, 1.54) is 12.1 Å². The van der Waals surface area contributed by atoms with Crippen LogP contribution in [-0.4, -0.2) is 28.4 Å². The number of hydrogen-bond acceptors (Lipinski definition) is 8. The van der Waals surface area contributed by atoms with E-state index in [1.807, 2.05) is 20.8 Å². The normalized spacial score (nSPS) is 11.9. The van der Waals surface area contributed by atoms with Crippen molar-refractivity contribution in [3.05, 3.63) is 62.1 Å². The zero-order chi connectivity index (χ0) is 23.1. The number of aromatic nitrogens is 1. The van der Waals surface area contributed by atoms with Crippen molar-refractivity contribution >= 4 is 46.6 Å². The Hall–Kier alpha value is -2.60. The molecule has 0 spiro atoms. The van der Waals surface area contributed by atoms with E-state index in [9.17, 15) is 15.2 Å². The van der Waals surface area contributed by atoms with Crippen LogP contribution in [0.5, 0.6) is 0 Å². The molecule has 1 aromatic heterocycles. The van der Waals surface area contributed by atoms with E-state index < -0.39 is 5.97 Å². The first-order chi connectivity index (χ1) is 14.7. The fraction of sp³-hybridized carbons (Fsp3) is 0.286. The summed E-state index contributed by atoms with van der Waals surface area (Å²) in [4.78, 5) is 16.7. The fourth-order valence-electron chi connectivity index (χ4n) is 2.43. The van der Waals surface area contributed by atoms with Gasteiger partial charge in [-0.1, -0.05) is 35.0 Å². The zero-order valence-electron chi connectivity index (χ0n) is 17.4. The van der Waals surface area contributed by atoms with Crippen LogP contribution >= 0.6 is 35.0 Å². The van der Waals surface area contributed by atoms with Crippen molar-refractivity contribution in [3.63, 3.8) is 0 Å². The third-order valence-electron chi connectivity index (χ3n) is 4.33. The molecule has 10 heteroatoms. The van der Waals surface area contributed by atoms with Gasteiger partial charge in [0.25, 0.3) is 0 Å². The third kappa shape index (κ3) is 6.20. The van der Waals surface area contributed by atoms with Gasteiger partial charge in [0.15, 0.2) is 0 Å². The van der Waals surface area contributed by atoms with Crippen LogP contribution in [0.1, 0.15) is 29.3 Å². The lowest BCUT2D eigenvalue weighted by molar-refractivity contribution is -0.138. The summed E-state index contributed by atoms with van der Waals surface area (Å²) in [6, 6.07) is 6.73. The first-order valence-electron chi connectivity index (χ1n) is 9.16. The van der Waals surface area contributed by atoms with Gasteiger partial charge in [-0.2, -0.15) is 5.26 Å². The molecule has 0 amide bonds. The molecule has 0 bridgehead atoms. The number of pyridine rings is 1. The van der Waals surface area contributed by atoms with E-state index in [1.54, 1.807) is 13.0 Å². The van der Waals surface area contributed by atoms with Crippen LogP contribution in [-0.2, 0) is 9.53 Å². The summed E-state index contributed by atoms with van der Waals surface area (Å²) in [5, 5.41) is 29.0. The summed E-state index contributed by atoms with van der Waals surface area (Å²) in [6.07, 6.45) is 0. The Bertz CT molecular complexity index is 1110. The Morgan fingerprint density at radius 2 is 2.00 bits per heavy atom. The standard InChI is InChI=1S/C21H20Cl2N4O3S/c1-5-30-21(29)19(27-26-17-7-6-14(22)8-16(17)23)18(28)10-31-20-15(9-24)12(3)11(2)13(4)25-20/h6-8,28H,5,10H2,1-4H3/b19-18-,27-26?. The largest absolute Gasteiger partial charge is 0.509 e. The maximum Gasteiger partial charge on any atom is 0.362 e. The molecule has 0 aliphatic heterocycles. The molecule has 162 valence electrons. The summed E-state index contributed by atoms with van der Waals surface area (Å²) < 4.78 is 4.97. The number of esters is 1. The summed E-state index contributed by atoms with van der Waals surface area (Å²) in [5.74, 6) is -1.26. The number of aliphatic hydroxyl groups is 1. The number of nitrogens with zero attached hydrogens (tertiary/aromatic N) is 4. The van der Waals surface area contributed by atoms with Gasteiger partial charge in [0.2, 0.25) is 5.70 Å². The molecular formula is C21H20Cl2N4O3S. The van der Waals surface area contributed by atoms with Gasteiger partial charge in [-0.3, -0.25) is 0 Å². The van der Waals surface area contributed by atoms with Crippen molar-refractivity contribution in [2.75, 3.05) is 12.4 Å². The minimum absolute atomic E-state index is 0.0643. The molecule has 1 aromatic carbocycles. The van der Waals surface area contributed by atoms with Crippen LogP contribution < -0.4 is 0 Å². The molecule has 0 unspecified atom stereocenters. The van der Waals surface area contributed by atoms with Gasteiger partial charge in [0.05, 0.1) is 22.9 Å². The minimum atomic E-state index is -0.834. The molecule has 0 aliphatic carbocycles. The number of rotatable bonds is 7. The Labute approximate surface area is 194 Å². The SMILES string of the molecule is CCOC(=O)/C(N=Nc1ccc(Cl)cc1Cl)=C(/O)CSc1nc(C)c(C)c(C)c1C#N. The Morgan fingerprint density at radius 1 is 1.29 bits per heavy atom. The zero-order valence-corrected chi connectivity index (χ0v) is 19.7. The highest BCUT2D eigenvalue weighted by Crippen LogP contribution is 2.30. The lowest BCUT2D eigenvalue weighted by Crippen LogP contribution is -2.10. The van der Waals surface area contributed by atoms with Crippen molar-refractivity contribution in [1.29, 1.82) is 5.26 Å². The van der Waals surface area contributed by atoms with E-state index >= 15 is 0 Å². The van der Waals surface area contributed by atoms with Gasteiger partial charge in [0.1, 0.15) is 22.5 Å². The molecule has 2 rings (SSSR count). The summed E-state index contributed by atoms with van der Waals surface area (Å²) in [5.41, 5.74) is 2.87. The van der Waals surface area contributed by atoms with Crippen molar-refractivity contribution in [1.82, 2.24) is 4.98 Å². The first kappa shape index (κ1) is 24.7. The number of aryl methyl sites for hydroxylation is 1. The molecule has 7 nitrogen and oxygen atoms in total. The van der Waals surface area contributed by atoms with Gasteiger partial charge >= 0.3 is 5.97 Å². The van der Waals surface area contributed by atoms with Crippen molar-refractivity contribution in [3.8, 4) is 6.07 Å². The summed E-state index contributed by atoms with van der Waals surface area (Å²) >= 11 is 13.1. The molecule has 2 aromatic rings. The Balaban J connectivity index is 2.37. The van der Waals surface area contributed by atoms with Gasteiger partial charge in [0, 0.05) is 10.7 Å². The molecule has 31 heavy (non-hydrogen) atoms. The number of hydrogen-bond donors (Lipinski definition) is 1. The Morgan fingerprint density at radius 3 is 2.61 bits per heavy atom. The quantitative estimate of drug-likeness (QED) is 0.162. The van der Waals surface area contributed by atoms with E-state index in [0.29, 0.717) is 15.6 Å². The van der Waals surface area contributed by atoms with Gasteiger partial charge in [-0.25, -0.2) is 9.78 Å². The smallest absolute Gasteiger partial charge is 0.362 e. The second-order valence-electron chi connectivity index (χ2n) is 6.34. The van der Waals surface area contributed by atoms with E-state index in [0.717, 1.165) is 28.6 Å². The fourth-order valence-corrected chi connectivity index (χ4v) is 3.84. The van der Waals surface area contributed by atoms with Gasteiger partial charge < -0.3 is 9.84 Å². The summed E-state index contributed by atoms with van der Waals surface area (Å²) in [7, 11) is 0. The molecule has 0 saturated carbocycles. The van der Waals surface area contributed by atoms with Crippen LogP contribution in [0.4, 0.5) is 5.69 Å². The number of aliphatic hydroxyl groups excluding tert-OH is 1. The van der Waals surface area contributed by atoms with Crippen molar-refractivity contribution in [2.24, 2.45) is 10.2 Å². The van der Waals surface area contributed by atoms with E-state index in [2.05, 4.69) is 21.3 Å². The lowest BCUT2D eigenvalue weighted by atomic mass is 10.1. The molecule has 0 aliphatic rings. The highest BCUT2D eigenvalue weighted by Gasteiger charge is 2.19. The van der Waals surface area contributed by atoms with Crippen molar-refractivity contribution < 1.29 is 14.6 Å². The average Bonchev–Trinajstić information content (AvgIpc) is 2.72. The maximum absolute atomic E-state index is 12.3. The number of halogens is 2. The van der Waals surface area contributed by atoms with Crippen LogP contribution in [0, 0.1) is 32.1 Å². The topological polar surface area (TPSA) is 108 Å². The highest BCUT2D eigenvalue weighted by molar-refractivity contribution is 7.99. The monoisotopic (exact) mass is 478 g/mol. The molecular weight excluding hydrogens is 459 g/mol. The van der Waals surface area contributed by atoms with Crippen molar-refractivity contribution in [2.45, 2.75) is 32.7 Å². The minimum Gasteiger partial charge on any atom is -0.509 e. The number of carbonyl (C=O) groups is 1. The van der Waals surface area contributed by atoms with Gasteiger partial charge in [-0.15, -0.1) is 10.2 Å². The second-order valence-corrected chi connectivity index (χ2v) is 8.15. The molecule has 0 saturated heterocycles. The maximum atomic E-state index is 12.3. The predicted octanol–water partition coefficient (Wildman–Crippen LogP) is 6.39. The van der Waals surface area contributed by atoms with E-state index in [4.69, 9.17) is 27.9 Å². The second kappa shape index (κ2) is 11.1. The number of azo groups is 1. The molecule has 1 heterocycles. The van der Waals surface area contributed by atoms with Crippen LogP contribution in [0.2, 0.25) is 10.0 Å². The lowest BCUT2D eigenvalue weighted by Gasteiger charge is -2.11. The molecule has 0 radical (unpaired) electrons. The predicted molar refractivity (Wildman–Crippen MR) is 121 cm³/mol. The number of ether oxygens (including phenoxy) is 1. The molecule has 0 fully saturated rings. The van der Waals surface area contributed by atoms with Crippen LogP contribution in [0.15, 0.2) is 44.9 Å². The molecule has 0 atom stereocenters. The number of nitriles is 1. The average molecular weight is 479 g/mol. The Kier molecular flexibility index (Phi) is 8.87. The highest BCUT2D eigenvalue weighted by atomic mass is 35.5. The van der Waals surface area contributed by atoms with Gasteiger partial charge in [-0.05, 0) is 57.0 Å². The summed E-state index contributed by atoms with van der Waals surface area (Å²) in [6.45, 7) is 7.31. The molecule has 1 N–H and O–H groups in total. The van der Waals surface area contributed by atoms with E-state index in [-0.39, 0.29) is 34.5 Å². The number of benzene rings is 1. The van der Waals surface area contributed by atoms with Crippen LogP contribution in [0.25, 0.3) is 0 Å². The van der Waals surface area contributed by atoms with Crippen LogP contribution in [0.3, 0.4) is 0 Å². The number of thioether (sulfide) groups is 1.